The zero-order chi connectivity index (χ0) is 5.21. The molecule has 0 aliphatic heterocycles. The van der Waals surface area contributed by atoms with Crippen LogP contribution in [0, 0.1) is 0 Å². The van der Waals surface area contributed by atoms with Crippen LogP contribution in [-0.4, -0.2) is 17.0 Å². The molecule has 0 aromatic carbocycles. The van der Waals surface area contributed by atoms with Crippen LogP contribution in [0.2, 0.25) is 0 Å². The first-order valence-corrected chi connectivity index (χ1v) is 1.75. The highest BCUT2D eigenvalue weighted by Gasteiger charge is 2.07. The molecule has 0 aliphatic carbocycles. The van der Waals surface area contributed by atoms with E-state index in [1.165, 1.54) is 13.8 Å². The van der Waals surface area contributed by atoms with Crippen molar-refractivity contribution >= 4 is 6.29 Å². The number of aliphatic hydroxyl groups is 1. The third-order valence-electron chi connectivity index (χ3n) is 0.288. The summed E-state index contributed by atoms with van der Waals surface area (Å²) in [6, 6.07) is 0. The second kappa shape index (κ2) is 1.39. The van der Waals surface area contributed by atoms with Crippen molar-refractivity contribution in [2.45, 2.75) is 19.4 Å². The topological polar surface area (TPSA) is 37.3 Å². The fraction of sp³-hybridized carbons (Fsp3) is 0.750. The van der Waals surface area contributed by atoms with Crippen molar-refractivity contribution in [2.24, 2.45) is 0 Å². The van der Waals surface area contributed by atoms with Crippen molar-refractivity contribution in [3.63, 3.8) is 0 Å². The van der Waals surface area contributed by atoms with Crippen LogP contribution in [0.15, 0.2) is 0 Å². The van der Waals surface area contributed by atoms with Gasteiger partial charge in [-0.2, -0.15) is 0 Å². The van der Waals surface area contributed by atoms with E-state index < -0.39 is 5.60 Å². The standard InChI is InChI=1S/C4H8O2/c1-4(2,6)3-5/h3,6H,1-2H3. The number of hydrogen-bond donors (Lipinski definition) is 1. The van der Waals surface area contributed by atoms with E-state index in [0.717, 1.165) is 0 Å². The second-order valence-electron chi connectivity index (χ2n) is 1.77. The summed E-state index contributed by atoms with van der Waals surface area (Å²) in [6.45, 7) is 2.86. The van der Waals surface area contributed by atoms with Crippen molar-refractivity contribution < 1.29 is 9.90 Å². The van der Waals surface area contributed by atoms with Crippen LogP contribution >= 0.6 is 0 Å². The van der Waals surface area contributed by atoms with Gasteiger partial charge >= 0.3 is 0 Å². The number of carbonyl (C=O) groups excluding carboxylic acids is 1. The van der Waals surface area contributed by atoms with Crippen LogP contribution in [0.5, 0.6) is 0 Å². The summed E-state index contributed by atoms with van der Waals surface area (Å²) in [7, 11) is 0. The molecule has 0 aromatic heterocycles. The molecule has 0 unspecified atom stereocenters. The van der Waals surface area contributed by atoms with Gasteiger partial charge in [0, 0.05) is 0 Å². The Morgan fingerprint density at radius 2 is 1.83 bits per heavy atom. The van der Waals surface area contributed by atoms with Crippen LogP contribution in [0.25, 0.3) is 0 Å². The maximum atomic E-state index is 9.58. The number of aldehydes is 1. The van der Waals surface area contributed by atoms with Crippen molar-refractivity contribution in [1.29, 1.82) is 0 Å². The zero-order valence-electron chi connectivity index (χ0n) is 3.93. The summed E-state index contributed by atoms with van der Waals surface area (Å²) in [6.07, 6.45) is 0.493. The Hall–Kier alpha value is -0.370. The molecule has 0 radical (unpaired) electrons. The van der Waals surface area contributed by atoms with Gasteiger partial charge < -0.3 is 9.90 Å². The molecule has 36 valence electrons. The molecule has 0 aromatic rings. The molecule has 2 heteroatoms. The van der Waals surface area contributed by atoms with Gasteiger partial charge in [0.25, 0.3) is 0 Å². The SMILES string of the molecule is CC(C)(O)C=O. The first-order valence-electron chi connectivity index (χ1n) is 1.75. The monoisotopic (exact) mass is 88.1 g/mol. The fourth-order valence-corrected chi connectivity index (χ4v) is 0. The van der Waals surface area contributed by atoms with E-state index in [0.29, 0.717) is 6.29 Å². The lowest BCUT2D eigenvalue weighted by Gasteiger charge is -2.02. The molecular formula is C4H8O2. The van der Waals surface area contributed by atoms with Crippen LogP contribution in [0.4, 0.5) is 0 Å². The van der Waals surface area contributed by atoms with Crippen molar-refractivity contribution in [2.75, 3.05) is 0 Å². The molecule has 0 saturated carbocycles. The number of hydrogen-bond acceptors (Lipinski definition) is 2. The molecule has 6 heavy (non-hydrogen) atoms. The number of carbonyl (C=O) groups is 1. The van der Waals surface area contributed by atoms with Gasteiger partial charge in [-0.05, 0) is 13.8 Å². The lowest BCUT2D eigenvalue weighted by molar-refractivity contribution is -0.120. The van der Waals surface area contributed by atoms with Crippen LogP contribution in [-0.2, 0) is 4.79 Å². The first kappa shape index (κ1) is 5.63. The van der Waals surface area contributed by atoms with Crippen LogP contribution in [0.3, 0.4) is 0 Å². The third-order valence-corrected chi connectivity index (χ3v) is 0.288. The Kier molecular flexibility index (Phi) is 1.30. The van der Waals surface area contributed by atoms with Gasteiger partial charge in [0.1, 0.15) is 5.60 Å². The molecule has 2 nitrogen and oxygen atoms in total. The highest BCUT2D eigenvalue weighted by atomic mass is 16.3. The molecule has 0 atom stereocenters. The Bertz CT molecular complexity index is 51.1. The maximum absolute atomic E-state index is 9.58. The highest BCUT2D eigenvalue weighted by Crippen LogP contribution is 1.91. The maximum Gasteiger partial charge on any atom is 0.150 e. The smallest absolute Gasteiger partial charge is 0.150 e. The van der Waals surface area contributed by atoms with Crippen molar-refractivity contribution in [3.05, 3.63) is 0 Å². The van der Waals surface area contributed by atoms with Crippen LogP contribution in [0.1, 0.15) is 13.8 Å². The molecule has 0 spiro atoms. The van der Waals surface area contributed by atoms with E-state index in [9.17, 15) is 4.79 Å². The molecule has 0 saturated heterocycles. The predicted molar refractivity (Wildman–Crippen MR) is 22.4 cm³/mol. The summed E-state index contributed by atoms with van der Waals surface area (Å²) >= 11 is 0. The molecule has 0 rings (SSSR count). The van der Waals surface area contributed by atoms with Crippen molar-refractivity contribution in [3.8, 4) is 0 Å². The summed E-state index contributed by atoms with van der Waals surface area (Å²) < 4.78 is 0. The van der Waals surface area contributed by atoms with Gasteiger partial charge in [-0.3, -0.25) is 0 Å². The summed E-state index contributed by atoms with van der Waals surface area (Å²) in [5.41, 5.74) is -1.14. The van der Waals surface area contributed by atoms with Gasteiger partial charge in [0.15, 0.2) is 6.29 Å². The minimum Gasteiger partial charge on any atom is -0.383 e. The molecule has 0 heterocycles. The van der Waals surface area contributed by atoms with E-state index in [1.807, 2.05) is 0 Å². The Balaban J connectivity index is 3.45. The van der Waals surface area contributed by atoms with Gasteiger partial charge in [0.05, 0.1) is 0 Å². The normalized spacial score (nSPS) is 11.2. The predicted octanol–water partition coefficient (Wildman–Crippen LogP) is -0.0438. The minimum atomic E-state index is -1.14. The molecular weight excluding hydrogens is 80.0 g/mol. The van der Waals surface area contributed by atoms with E-state index in [2.05, 4.69) is 0 Å². The van der Waals surface area contributed by atoms with Gasteiger partial charge in [-0.25, -0.2) is 0 Å². The highest BCUT2D eigenvalue weighted by molar-refractivity contribution is 5.60. The Morgan fingerprint density at radius 1 is 1.67 bits per heavy atom. The summed E-state index contributed by atoms with van der Waals surface area (Å²) in [4.78, 5) is 9.58. The van der Waals surface area contributed by atoms with E-state index in [1.54, 1.807) is 0 Å². The summed E-state index contributed by atoms with van der Waals surface area (Å²) in [5.74, 6) is 0. The summed E-state index contributed by atoms with van der Waals surface area (Å²) in [5, 5.41) is 8.46. The second-order valence-corrected chi connectivity index (χ2v) is 1.77. The lowest BCUT2D eigenvalue weighted by Crippen LogP contribution is -2.19. The lowest BCUT2D eigenvalue weighted by atomic mass is 10.2. The minimum absolute atomic E-state index is 0.493. The average molecular weight is 88.1 g/mol. The fourth-order valence-electron chi connectivity index (χ4n) is 0. The van der Waals surface area contributed by atoms with Gasteiger partial charge in [-0.1, -0.05) is 0 Å². The van der Waals surface area contributed by atoms with Crippen LogP contribution < -0.4 is 0 Å². The van der Waals surface area contributed by atoms with Gasteiger partial charge in [0.2, 0.25) is 0 Å². The van der Waals surface area contributed by atoms with E-state index in [-0.39, 0.29) is 0 Å². The third kappa shape index (κ3) is 3.63. The van der Waals surface area contributed by atoms with E-state index in [4.69, 9.17) is 5.11 Å². The molecule has 0 amide bonds. The quantitative estimate of drug-likeness (QED) is 0.456. The molecule has 0 bridgehead atoms. The molecule has 0 aliphatic rings. The Labute approximate surface area is 36.8 Å². The average Bonchev–Trinajstić information content (AvgIpc) is 1.35. The van der Waals surface area contributed by atoms with E-state index >= 15 is 0 Å². The molecule has 0 fully saturated rings. The Morgan fingerprint density at radius 3 is 1.83 bits per heavy atom. The number of rotatable bonds is 1. The first-order chi connectivity index (χ1) is 2.56. The molecule has 1 N–H and O–H groups in total. The van der Waals surface area contributed by atoms with Gasteiger partial charge in [-0.15, -0.1) is 0 Å². The largest absolute Gasteiger partial charge is 0.383 e. The van der Waals surface area contributed by atoms with Crippen molar-refractivity contribution in [1.82, 2.24) is 0 Å². The zero-order valence-corrected chi connectivity index (χ0v) is 3.93.